The first kappa shape index (κ1) is 24.3. The second-order valence-electron chi connectivity index (χ2n) is 11.7. The fourth-order valence-electron chi connectivity index (χ4n) is 7.42. The van der Waals surface area contributed by atoms with Gasteiger partial charge in [-0.15, -0.1) is 0 Å². The molecule has 4 aromatic heterocycles. The first-order valence-electron chi connectivity index (χ1n) is 15.3. The summed E-state index contributed by atoms with van der Waals surface area (Å²) < 4.78 is 7.21. The van der Waals surface area contributed by atoms with Gasteiger partial charge in [-0.2, -0.15) is 0 Å². The molecule has 4 heteroatoms. The highest BCUT2D eigenvalue weighted by Gasteiger charge is 2.21. The number of aromatic nitrogens is 4. The third-order valence-electron chi connectivity index (χ3n) is 9.30. The summed E-state index contributed by atoms with van der Waals surface area (Å²) in [5.41, 5.74) is 10.6. The van der Waals surface area contributed by atoms with Gasteiger partial charge in [0.25, 0.3) is 0 Å². The molecule has 0 saturated heterocycles. The van der Waals surface area contributed by atoms with E-state index < -0.39 is 0 Å². The number of hydrogen-bond donors (Lipinski definition) is 0. The molecule has 0 bridgehead atoms. The van der Waals surface area contributed by atoms with Crippen molar-refractivity contribution in [2.75, 3.05) is 0 Å². The Labute approximate surface area is 258 Å². The van der Waals surface area contributed by atoms with Gasteiger partial charge < -0.3 is 13.7 Å². The molecule has 45 heavy (non-hydrogen) atoms. The number of pyridine rings is 1. The molecule has 0 unspecified atom stereocenters. The monoisotopic (exact) mass is 574 g/mol. The quantitative estimate of drug-likeness (QED) is 0.206. The van der Waals surface area contributed by atoms with Gasteiger partial charge in [-0.3, -0.25) is 4.98 Å². The molecule has 6 aromatic carbocycles. The van der Waals surface area contributed by atoms with Gasteiger partial charge in [0.2, 0.25) is 0 Å². The van der Waals surface area contributed by atoms with Crippen LogP contribution in [0, 0.1) is 0 Å². The summed E-state index contributed by atoms with van der Waals surface area (Å²) in [6.07, 6.45) is 3.74. The summed E-state index contributed by atoms with van der Waals surface area (Å²) in [5, 5.41) is 7.46. The topological polar surface area (TPSA) is 27.7 Å². The SMILES string of the molecule is c1ccc(-n2c3ccccc3c3cc4c5cc6c(cc5n(-c5ccccc5)c4cc32)c2ccccc2n6-c2ccncc2)cc1. The Morgan fingerprint density at radius 2 is 0.667 bits per heavy atom. The minimum absolute atomic E-state index is 1.11. The second kappa shape index (κ2) is 9.18. The van der Waals surface area contributed by atoms with Crippen LogP contribution in [0.2, 0.25) is 0 Å². The zero-order chi connectivity index (χ0) is 29.5. The average Bonchev–Trinajstić information content (AvgIpc) is 3.72. The smallest absolute Gasteiger partial charge is 0.0562 e. The maximum absolute atomic E-state index is 4.30. The lowest BCUT2D eigenvalue weighted by Crippen LogP contribution is -1.95. The maximum atomic E-state index is 4.30. The second-order valence-corrected chi connectivity index (χ2v) is 11.7. The molecule has 0 aliphatic rings. The zero-order valence-electron chi connectivity index (χ0n) is 24.3. The fourth-order valence-corrected chi connectivity index (χ4v) is 7.42. The molecule has 4 heterocycles. The van der Waals surface area contributed by atoms with Crippen LogP contribution >= 0.6 is 0 Å². The van der Waals surface area contributed by atoms with Crippen molar-refractivity contribution in [3.63, 3.8) is 0 Å². The molecule has 0 N–H and O–H groups in total. The van der Waals surface area contributed by atoms with Crippen molar-refractivity contribution < 1.29 is 0 Å². The molecule has 0 spiro atoms. The van der Waals surface area contributed by atoms with Crippen LogP contribution in [0.1, 0.15) is 0 Å². The zero-order valence-corrected chi connectivity index (χ0v) is 24.3. The Balaban J connectivity index is 1.42. The van der Waals surface area contributed by atoms with Gasteiger partial charge in [0, 0.05) is 61.8 Å². The standard InChI is InChI=1S/C41H26N4/c1-3-11-27(12-4-1)43-36-17-9-7-15-30(36)32-23-33-35-25-38-34(31-16-8-10-18-37(31)44(38)29-19-21-42-22-20-29)24-39(35)45(41(33)26-40(32)43)28-13-5-2-6-14-28/h1-26H. The molecule has 0 saturated carbocycles. The number of hydrogen-bond acceptors (Lipinski definition) is 1. The Morgan fingerprint density at radius 3 is 1.22 bits per heavy atom. The summed E-state index contributed by atoms with van der Waals surface area (Å²) in [7, 11) is 0. The van der Waals surface area contributed by atoms with E-state index in [1.54, 1.807) is 0 Å². The van der Waals surface area contributed by atoms with E-state index in [9.17, 15) is 0 Å². The van der Waals surface area contributed by atoms with Crippen LogP contribution in [0.3, 0.4) is 0 Å². The van der Waals surface area contributed by atoms with Crippen molar-refractivity contribution in [2.45, 2.75) is 0 Å². The van der Waals surface area contributed by atoms with Crippen LogP contribution in [0.4, 0.5) is 0 Å². The maximum Gasteiger partial charge on any atom is 0.0562 e. The Hall–Kier alpha value is -6.13. The summed E-state index contributed by atoms with van der Waals surface area (Å²) in [6, 6.07) is 52.7. The highest BCUT2D eigenvalue weighted by molar-refractivity contribution is 6.22. The van der Waals surface area contributed by atoms with Crippen LogP contribution in [0.15, 0.2) is 158 Å². The van der Waals surface area contributed by atoms with Crippen molar-refractivity contribution >= 4 is 65.4 Å². The lowest BCUT2D eigenvalue weighted by molar-refractivity contribution is 1.15. The molecule has 0 fully saturated rings. The minimum Gasteiger partial charge on any atom is -0.309 e. The van der Waals surface area contributed by atoms with E-state index in [4.69, 9.17) is 0 Å². The molecule has 0 atom stereocenters. The van der Waals surface area contributed by atoms with E-state index in [1.807, 2.05) is 12.4 Å². The highest BCUT2D eigenvalue weighted by Crippen LogP contribution is 2.42. The first-order chi connectivity index (χ1) is 22.3. The molecule has 0 aliphatic heterocycles. The van der Waals surface area contributed by atoms with Crippen molar-refractivity contribution in [1.82, 2.24) is 18.7 Å². The van der Waals surface area contributed by atoms with Gasteiger partial charge in [-0.25, -0.2) is 0 Å². The van der Waals surface area contributed by atoms with Crippen LogP contribution in [-0.4, -0.2) is 18.7 Å². The van der Waals surface area contributed by atoms with Gasteiger partial charge in [0.15, 0.2) is 0 Å². The van der Waals surface area contributed by atoms with E-state index >= 15 is 0 Å². The van der Waals surface area contributed by atoms with Gasteiger partial charge in [0.05, 0.1) is 33.1 Å². The lowest BCUT2D eigenvalue weighted by Gasteiger charge is -2.10. The summed E-state index contributed by atoms with van der Waals surface area (Å²) in [6.45, 7) is 0. The van der Waals surface area contributed by atoms with E-state index in [0.717, 1.165) is 17.1 Å². The van der Waals surface area contributed by atoms with Gasteiger partial charge in [0.1, 0.15) is 0 Å². The first-order valence-corrected chi connectivity index (χ1v) is 15.3. The summed E-state index contributed by atoms with van der Waals surface area (Å²) in [4.78, 5) is 4.30. The molecular weight excluding hydrogens is 548 g/mol. The Bertz CT molecular complexity index is 2730. The number of benzene rings is 6. The molecule has 0 radical (unpaired) electrons. The van der Waals surface area contributed by atoms with Crippen LogP contribution in [0.25, 0.3) is 82.5 Å². The average molecular weight is 575 g/mol. The summed E-state index contributed by atoms with van der Waals surface area (Å²) >= 11 is 0. The van der Waals surface area contributed by atoms with Crippen molar-refractivity contribution in [1.29, 1.82) is 0 Å². The lowest BCUT2D eigenvalue weighted by atomic mass is 10.1. The molecule has 4 nitrogen and oxygen atoms in total. The number of rotatable bonds is 3. The molecule has 10 aromatic rings. The molecule has 0 aliphatic carbocycles. The van der Waals surface area contributed by atoms with Crippen molar-refractivity contribution in [3.8, 4) is 17.1 Å². The van der Waals surface area contributed by atoms with Crippen LogP contribution < -0.4 is 0 Å². The van der Waals surface area contributed by atoms with Gasteiger partial charge in [-0.05, 0) is 72.8 Å². The predicted octanol–water partition coefficient (Wildman–Crippen LogP) is 10.4. The molecule has 210 valence electrons. The van der Waals surface area contributed by atoms with E-state index in [1.165, 1.54) is 65.4 Å². The van der Waals surface area contributed by atoms with Crippen molar-refractivity contribution in [2.24, 2.45) is 0 Å². The Morgan fingerprint density at radius 1 is 0.289 bits per heavy atom. The Kier molecular flexibility index (Phi) is 4.96. The van der Waals surface area contributed by atoms with Gasteiger partial charge >= 0.3 is 0 Å². The van der Waals surface area contributed by atoms with Crippen molar-refractivity contribution in [3.05, 3.63) is 158 Å². The number of para-hydroxylation sites is 4. The fraction of sp³-hybridized carbons (Fsp3) is 0. The van der Waals surface area contributed by atoms with Gasteiger partial charge in [-0.1, -0.05) is 72.8 Å². The predicted molar refractivity (Wildman–Crippen MR) is 187 cm³/mol. The largest absolute Gasteiger partial charge is 0.309 e. The van der Waals surface area contributed by atoms with E-state index in [2.05, 4.69) is 164 Å². The van der Waals surface area contributed by atoms with E-state index in [-0.39, 0.29) is 0 Å². The summed E-state index contributed by atoms with van der Waals surface area (Å²) in [5.74, 6) is 0. The highest BCUT2D eigenvalue weighted by atomic mass is 15.0. The number of fused-ring (bicyclic) bond motifs is 9. The third-order valence-corrected chi connectivity index (χ3v) is 9.30. The third kappa shape index (κ3) is 3.39. The van der Waals surface area contributed by atoms with Crippen LogP contribution in [0.5, 0.6) is 0 Å². The molecular formula is C41H26N4. The molecule has 0 amide bonds. The normalized spacial score (nSPS) is 12.0. The van der Waals surface area contributed by atoms with Crippen LogP contribution in [-0.2, 0) is 0 Å². The van der Waals surface area contributed by atoms with E-state index in [0.29, 0.717) is 0 Å². The molecule has 10 rings (SSSR count). The number of nitrogens with zero attached hydrogens (tertiary/aromatic N) is 4. The minimum atomic E-state index is 1.11.